The van der Waals surface area contributed by atoms with E-state index < -0.39 is 0 Å². The number of halogens is 1. The minimum atomic E-state index is 0.640. The number of rotatable bonds is 3. The van der Waals surface area contributed by atoms with Crippen LogP contribution >= 0.6 is 15.9 Å². The van der Waals surface area contributed by atoms with E-state index in [0.717, 1.165) is 28.6 Å². The summed E-state index contributed by atoms with van der Waals surface area (Å²) in [5, 5.41) is 0. The van der Waals surface area contributed by atoms with Crippen molar-refractivity contribution in [3.05, 3.63) is 22.2 Å². The zero-order valence-electron chi connectivity index (χ0n) is 12.0. The molecule has 0 unspecified atom stereocenters. The Hall–Kier alpha value is -0.740. The van der Waals surface area contributed by atoms with Crippen molar-refractivity contribution in [2.75, 3.05) is 20.3 Å². The highest BCUT2D eigenvalue weighted by atomic mass is 79.9. The van der Waals surface area contributed by atoms with Crippen molar-refractivity contribution in [1.82, 2.24) is 4.90 Å². The first-order valence-corrected chi connectivity index (χ1v) is 8.31. The van der Waals surface area contributed by atoms with Gasteiger partial charge in [0.25, 0.3) is 0 Å². The Kier molecular flexibility index (Phi) is 4.51. The topological polar surface area (TPSA) is 21.7 Å². The Bertz CT molecular complexity index is 472. The van der Waals surface area contributed by atoms with E-state index in [2.05, 4.69) is 33.9 Å². The largest absolute Gasteiger partial charge is 0.486 e. The summed E-state index contributed by atoms with van der Waals surface area (Å²) in [6.07, 6.45) is 6.81. The van der Waals surface area contributed by atoms with Crippen LogP contribution in [-0.4, -0.2) is 31.2 Å². The van der Waals surface area contributed by atoms with Gasteiger partial charge in [-0.05, 0) is 37.6 Å². The Morgan fingerprint density at radius 3 is 2.45 bits per heavy atom. The second kappa shape index (κ2) is 6.35. The van der Waals surface area contributed by atoms with Crippen LogP contribution in [-0.2, 0) is 6.54 Å². The molecule has 1 saturated carbocycles. The number of fused-ring (bicyclic) bond motifs is 1. The molecule has 3 nitrogen and oxygen atoms in total. The van der Waals surface area contributed by atoms with E-state index in [1.165, 1.54) is 37.7 Å². The number of ether oxygens (including phenoxy) is 2. The van der Waals surface area contributed by atoms with Gasteiger partial charge in [0.15, 0.2) is 11.5 Å². The lowest BCUT2D eigenvalue weighted by Gasteiger charge is -2.31. The molecule has 0 amide bonds. The molecule has 4 heteroatoms. The first-order chi connectivity index (χ1) is 9.74. The van der Waals surface area contributed by atoms with Gasteiger partial charge in [0.1, 0.15) is 13.2 Å². The van der Waals surface area contributed by atoms with Crippen molar-refractivity contribution in [2.24, 2.45) is 0 Å². The first-order valence-electron chi connectivity index (χ1n) is 7.52. The van der Waals surface area contributed by atoms with E-state index in [-0.39, 0.29) is 0 Å². The Morgan fingerprint density at radius 1 is 1.10 bits per heavy atom. The van der Waals surface area contributed by atoms with Gasteiger partial charge in [0.2, 0.25) is 0 Å². The zero-order valence-corrected chi connectivity index (χ0v) is 13.6. The Balaban J connectivity index is 1.73. The summed E-state index contributed by atoms with van der Waals surface area (Å²) < 4.78 is 12.4. The van der Waals surface area contributed by atoms with Gasteiger partial charge in [-0.25, -0.2) is 0 Å². The molecule has 20 heavy (non-hydrogen) atoms. The van der Waals surface area contributed by atoms with Crippen molar-refractivity contribution in [3.8, 4) is 11.5 Å². The van der Waals surface area contributed by atoms with Crippen molar-refractivity contribution < 1.29 is 9.47 Å². The lowest BCUT2D eigenvalue weighted by Crippen LogP contribution is -2.33. The van der Waals surface area contributed by atoms with Crippen molar-refractivity contribution in [2.45, 2.75) is 44.7 Å². The second-order valence-corrected chi connectivity index (χ2v) is 6.65. The van der Waals surface area contributed by atoms with Crippen LogP contribution in [0, 0.1) is 0 Å². The molecule has 1 aromatic carbocycles. The molecule has 1 aliphatic heterocycles. The van der Waals surface area contributed by atoms with E-state index in [9.17, 15) is 0 Å². The van der Waals surface area contributed by atoms with Gasteiger partial charge in [-0.2, -0.15) is 0 Å². The van der Waals surface area contributed by atoms with Crippen LogP contribution in [0.3, 0.4) is 0 Å². The van der Waals surface area contributed by atoms with Gasteiger partial charge in [-0.1, -0.05) is 35.2 Å². The van der Waals surface area contributed by atoms with Crippen LogP contribution in [0.5, 0.6) is 11.5 Å². The van der Waals surface area contributed by atoms with Crippen molar-refractivity contribution in [1.29, 1.82) is 0 Å². The van der Waals surface area contributed by atoms with Gasteiger partial charge in [-0.15, -0.1) is 0 Å². The molecule has 0 bridgehead atoms. The molecule has 3 rings (SSSR count). The maximum absolute atomic E-state index is 5.68. The molecule has 2 aliphatic rings. The number of benzene rings is 1. The van der Waals surface area contributed by atoms with Crippen LogP contribution < -0.4 is 9.47 Å². The fraction of sp³-hybridized carbons (Fsp3) is 0.625. The molecule has 1 fully saturated rings. The van der Waals surface area contributed by atoms with E-state index >= 15 is 0 Å². The first kappa shape index (κ1) is 14.2. The smallest absolute Gasteiger partial charge is 0.162 e. The van der Waals surface area contributed by atoms with E-state index in [1.54, 1.807) is 0 Å². The molecule has 0 saturated heterocycles. The van der Waals surface area contributed by atoms with E-state index in [0.29, 0.717) is 13.2 Å². The average molecular weight is 340 g/mol. The number of hydrogen-bond acceptors (Lipinski definition) is 3. The predicted octanol–water partition coefficient (Wildman–Crippen LogP) is 3.98. The molecule has 0 N–H and O–H groups in total. The molecule has 0 radical (unpaired) electrons. The lowest BCUT2D eigenvalue weighted by molar-refractivity contribution is 0.169. The van der Waals surface area contributed by atoms with Crippen LogP contribution in [0.25, 0.3) is 0 Å². The minimum Gasteiger partial charge on any atom is -0.486 e. The monoisotopic (exact) mass is 339 g/mol. The summed E-state index contributed by atoms with van der Waals surface area (Å²) in [7, 11) is 2.24. The summed E-state index contributed by atoms with van der Waals surface area (Å²) in [6, 6.07) is 4.89. The van der Waals surface area contributed by atoms with Gasteiger partial charge in [0, 0.05) is 17.1 Å². The number of hydrogen-bond donors (Lipinski definition) is 0. The van der Waals surface area contributed by atoms with Gasteiger partial charge < -0.3 is 9.47 Å². The Morgan fingerprint density at radius 2 is 1.75 bits per heavy atom. The highest BCUT2D eigenvalue weighted by Crippen LogP contribution is 2.36. The standard InChI is InChI=1S/C16H22BrNO2/c1-18(13-5-3-2-4-6-13)11-12-9-15-16(10-14(12)17)20-8-7-19-15/h9-10,13H,2-8,11H2,1H3. The minimum absolute atomic E-state index is 0.640. The highest BCUT2D eigenvalue weighted by molar-refractivity contribution is 9.10. The summed E-state index contributed by atoms with van der Waals surface area (Å²) in [5.74, 6) is 1.73. The third kappa shape index (κ3) is 3.12. The van der Waals surface area contributed by atoms with Crippen LogP contribution in [0.15, 0.2) is 16.6 Å². The lowest BCUT2D eigenvalue weighted by atomic mass is 9.94. The molecule has 1 heterocycles. The molecular weight excluding hydrogens is 318 g/mol. The fourth-order valence-corrected chi connectivity index (χ4v) is 3.59. The summed E-state index contributed by atoms with van der Waals surface area (Å²) in [6.45, 7) is 2.25. The van der Waals surface area contributed by atoms with Crippen molar-refractivity contribution >= 4 is 15.9 Å². The second-order valence-electron chi connectivity index (χ2n) is 5.79. The van der Waals surface area contributed by atoms with Gasteiger partial charge >= 0.3 is 0 Å². The number of nitrogens with zero attached hydrogens (tertiary/aromatic N) is 1. The van der Waals surface area contributed by atoms with Gasteiger partial charge in [0.05, 0.1) is 0 Å². The molecule has 0 atom stereocenters. The zero-order chi connectivity index (χ0) is 13.9. The van der Waals surface area contributed by atoms with E-state index in [4.69, 9.17) is 9.47 Å². The predicted molar refractivity (Wildman–Crippen MR) is 83.5 cm³/mol. The molecule has 0 aromatic heterocycles. The van der Waals surface area contributed by atoms with Crippen LogP contribution in [0.4, 0.5) is 0 Å². The maximum Gasteiger partial charge on any atom is 0.162 e. The summed E-state index contributed by atoms with van der Waals surface area (Å²) in [5.41, 5.74) is 1.28. The third-order valence-electron chi connectivity index (χ3n) is 4.33. The average Bonchev–Trinajstić information content (AvgIpc) is 2.49. The molecule has 1 aliphatic carbocycles. The SMILES string of the molecule is CN(Cc1cc2c(cc1Br)OCCO2)C1CCCCC1. The highest BCUT2D eigenvalue weighted by Gasteiger charge is 2.20. The summed E-state index contributed by atoms with van der Waals surface area (Å²) >= 11 is 3.67. The third-order valence-corrected chi connectivity index (χ3v) is 5.07. The summed E-state index contributed by atoms with van der Waals surface area (Å²) in [4.78, 5) is 2.48. The van der Waals surface area contributed by atoms with Crippen LogP contribution in [0.1, 0.15) is 37.7 Å². The maximum atomic E-state index is 5.68. The van der Waals surface area contributed by atoms with Crippen molar-refractivity contribution in [3.63, 3.8) is 0 Å². The molecule has 110 valence electrons. The molecule has 1 aromatic rings. The molecular formula is C16H22BrNO2. The Labute approximate surface area is 129 Å². The van der Waals surface area contributed by atoms with Crippen LogP contribution in [0.2, 0.25) is 0 Å². The van der Waals surface area contributed by atoms with E-state index in [1.807, 2.05) is 6.07 Å². The quantitative estimate of drug-likeness (QED) is 0.831. The fourth-order valence-electron chi connectivity index (χ4n) is 3.15. The molecule has 0 spiro atoms. The van der Waals surface area contributed by atoms with Gasteiger partial charge in [-0.3, -0.25) is 4.90 Å². The normalized spacial score (nSPS) is 19.4.